The average Bonchev–Trinajstić information content (AvgIpc) is 3.15. The predicted molar refractivity (Wildman–Crippen MR) is 98.4 cm³/mol. The van der Waals surface area contributed by atoms with Gasteiger partial charge in [0, 0.05) is 20.2 Å². The van der Waals surface area contributed by atoms with Crippen LogP contribution in [-0.4, -0.2) is 32.3 Å². The second-order valence-electron chi connectivity index (χ2n) is 6.16. The van der Waals surface area contributed by atoms with Crippen LogP contribution in [0.15, 0.2) is 42.5 Å². The molecule has 2 aromatic carbocycles. The van der Waals surface area contributed by atoms with Crippen molar-refractivity contribution in [1.29, 1.82) is 0 Å². The molecule has 0 bridgehead atoms. The van der Waals surface area contributed by atoms with Gasteiger partial charge in [-0.2, -0.15) is 0 Å². The highest BCUT2D eigenvalue weighted by Crippen LogP contribution is 2.32. The molecule has 142 valence electrons. The van der Waals surface area contributed by atoms with Crippen molar-refractivity contribution >= 4 is 11.8 Å². The fraction of sp³-hybridized carbons (Fsp3) is 0.300. The quantitative estimate of drug-likeness (QED) is 0.758. The Morgan fingerprint density at radius 2 is 1.81 bits per heavy atom. The molecule has 0 radical (unpaired) electrons. The van der Waals surface area contributed by atoms with Crippen LogP contribution in [0.4, 0.5) is 0 Å². The van der Waals surface area contributed by atoms with Gasteiger partial charge in [0.25, 0.3) is 0 Å². The molecule has 1 atom stereocenters. The molecule has 1 aliphatic heterocycles. The van der Waals surface area contributed by atoms with Gasteiger partial charge in [-0.05, 0) is 35.7 Å². The highest BCUT2D eigenvalue weighted by Gasteiger charge is 2.18. The number of carbonyl (C=O) groups excluding carboxylic acids is 2. The molecular weight excluding hydrogens is 348 g/mol. The van der Waals surface area contributed by atoms with Crippen LogP contribution in [0.25, 0.3) is 0 Å². The molecule has 7 heteroatoms. The second kappa shape index (κ2) is 8.55. The summed E-state index contributed by atoms with van der Waals surface area (Å²) in [5, 5.41) is 5.21. The first kappa shape index (κ1) is 18.7. The maximum atomic E-state index is 12.1. The van der Waals surface area contributed by atoms with Crippen molar-refractivity contribution in [3.63, 3.8) is 0 Å². The first-order valence-corrected chi connectivity index (χ1v) is 8.61. The molecular formula is C20H22N2O5. The largest absolute Gasteiger partial charge is 0.454 e. The number of hydrogen-bond acceptors (Lipinski definition) is 5. The monoisotopic (exact) mass is 370 g/mol. The van der Waals surface area contributed by atoms with Gasteiger partial charge in [0.2, 0.25) is 6.79 Å². The van der Waals surface area contributed by atoms with Gasteiger partial charge in [-0.15, -0.1) is 0 Å². The predicted octanol–water partition coefficient (Wildman–Crippen LogP) is 1.84. The van der Waals surface area contributed by atoms with E-state index in [9.17, 15) is 9.59 Å². The summed E-state index contributed by atoms with van der Waals surface area (Å²) in [6.45, 7) is 2.59. The van der Waals surface area contributed by atoms with Gasteiger partial charge in [0.05, 0.1) is 6.10 Å². The van der Waals surface area contributed by atoms with Crippen molar-refractivity contribution in [1.82, 2.24) is 10.6 Å². The number of amides is 2. The minimum atomic E-state index is -0.702. The van der Waals surface area contributed by atoms with Gasteiger partial charge < -0.3 is 24.8 Å². The van der Waals surface area contributed by atoms with Crippen molar-refractivity contribution < 1.29 is 23.8 Å². The van der Waals surface area contributed by atoms with E-state index in [2.05, 4.69) is 10.6 Å². The molecule has 1 heterocycles. The Morgan fingerprint density at radius 3 is 2.59 bits per heavy atom. The van der Waals surface area contributed by atoms with Crippen molar-refractivity contribution in [2.45, 2.75) is 19.6 Å². The molecule has 1 aliphatic rings. The summed E-state index contributed by atoms with van der Waals surface area (Å²) in [5.41, 5.74) is 2.85. The molecule has 0 aliphatic carbocycles. The van der Waals surface area contributed by atoms with Crippen LogP contribution < -0.4 is 20.1 Å². The van der Waals surface area contributed by atoms with Crippen molar-refractivity contribution in [2.24, 2.45) is 0 Å². The summed E-state index contributed by atoms with van der Waals surface area (Å²) in [5.74, 6) is -0.101. The van der Waals surface area contributed by atoms with E-state index < -0.39 is 11.8 Å². The smallest absolute Gasteiger partial charge is 0.309 e. The first-order chi connectivity index (χ1) is 13.1. The molecule has 2 aromatic rings. The van der Waals surface area contributed by atoms with E-state index in [0.29, 0.717) is 11.5 Å². The van der Waals surface area contributed by atoms with Crippen LogP contribution in [0, 0.1) is 6.92 Å². The Labute approximate surface area is 157 Å². The molecule has 3 rings (SSSR count). The maximum Gasteiger partial charge on any atom is 0.309 e. The maximum absolute atomic E-state index is 12.1. The standard InChI is InChI=1S/C20H22N2O5/c1-13-5-3-4-6-15(13)18(25-2)11-22-20(24)19(23)21-10-14-7-8-16-17(9-14)27-12-26-16/h3-9,18H,10-12H2,1-2H3,(H,21,23)(H,22,24)/t18-/m0/s1. The van der Waals surface area contributed by atoms with Gasteiger partial charge in [0.1, 0.15) is 0 Å². The van der Waals surface area contributed by atoms with E-state index in [1.165, 1.54) is 0 Å². The minimum absolute atomic E-state index is 0.190. The van der Waals surface area contributed by atoms with Crippen molar-refractivity contribution in [2.75, 3.05) is 20.4 Å². The van der Waals surface area contributed by atoms with Crippen LogP contribution >= 0.6 is 0 Å². The summed E-state index contributed by atoms with van der Waals surface area (Å²) in [4.78, 5) is 24.1. The van der Waals surface area contributed by atoms with E-state index in [1.807, 2.05) is 37.3 Å². The number of ether oxygens (including phenoxy) is 3. The summed E-state index contributed by atoms with van der Waals surface area (Å²) >= 11 is 0. The fourth-order valence-corrected chi connectivity index (χ4v) is 2.85. The lowest BCUT2D eigenvalue weighted by molar-refractivity contribution is -0.139. The topological polar surface area (TPSA) is 85.9 Å². The summed E-state index contributed by atoms with van der Waals surface area (Å²) in [6, 6.07) is 13.1. The van der Waals surface area contributed by atoms with Crippen LogP contribution in [0.1, 0.15) is 22.8 Å². The normalized spacial score (nSPS) is 13.1. The van der Waals surface area contributed by atoms with Gasteiger partial charge in [-0.25, -0.2) is 0 Å². The van der Waals surface area contributed by atoms with E-state index in [4.69, 9.17) is 14.2 Å². The Kier molecular flexibility index (Phi) is 5.93. The number of methoxy groups -OCH3 is 1. The van der Waals surface area contributed by atoms with Crippen LogP contribution in [0.3, 0.4) is 0 Å². The van der Waals surface area contributed by atoms with Crippen molar-refractivity contribution in [3.8, 4) is 11.5 Å². The number of nitrogens with one attached hydrogen (secondary N) is 2. The number of hydrogen-bond donors (Lipinski definition) is 2. The Balaban J connectivity index is 1.50. The Hall–Kier alpha value is -3.06. The zero-order valence-electron chi connectivity index (χ0n) is 15.3. The lowest BCUT2D eigenvalue weighted by atomic mass is 10.0. The van der Waals surface area contributed by atoms with Gasteiger partial charge in [-0.3, -0.25) is 9.59 Å². The van der Waals surface area contributed by atoms with E-state index in [1.54, 1.807) is 19.2 Å². The highest BCUT2D eigenvalue weighted by molar-refractivity contribution is 6.35. The lowest BCUT2D eigenvalue weighted by Gasteiger charge is -2.18. The summed E-state index contributed by atoms with van der Waals surface area (Å²) in [7, 11) is 1.57. The number of aryl methyl sites for hydroxylation is 1. The molecule has 0 spiro atoms. The molecule has 0 aromatic heterocycles. The Morgan fingerprint density at radius 1 is 1.07 bits per heavy atom. The first-order valence-electron chi connectivity index (χ1n) is 8.61. The molecule has 2 N–H and O–H groups in total. The number of rotatable bonds is 6. The molecule has 0 fully saturated rings. The number of carbonyl (C=O) groups is 2. The molecule has 7 nitrogen and oxygen atoms in total. The molecule has 0 saturated heterocycles. The zero-order chi connectivity index (χ0) is 19.2. The van der Waals surface area contributed by atoms with Crippen molar-refractivity contribution in [3.05, 3.63) is 59.2 Å². The van der Waals surface area contributed by atoms with Gasteiger partial charge >= 0.3 is 11.8 Å². The minimum Gasteiger partial charge on any atom is -0.454 e. The van der Waals surface area contributed by atoms with Gasteiger partial charge in [0.15, 0.2) is 11.5 Å². The SMILES string of the molecule is CO[C@@H](CNC(=O)C(=O)NCc1ccc2c(c1)OCO2)c1ccccc1C. The average molecular weight is 370 g/mol. The van der Waals surface area contributed by atoms with Gasteiger partial charge in [-0.1, -0.05) is 30.3 Å². The van der Waals surface area contributed by atoms with E-state index >= 15 is 0 Å². The third-order valence-corrected chi connectivity index (χ3v) is 4.36. The zero-order valence-corrected chi connectivity index (χ0v) is 15.3. The molecule has 2 amide bonds. The lowest BCUT2D eigenvalue weighted by Crippen LogP contribution is -2.41. The third-order valence-electron chi connectivity index (χ3n) is 4.36. The van der Waals surface area contributed by atoms with Crippen LogP contribution in [0.5, 0.6) is 11.5 Å². The van der Waals surface area contributed by atoms with Crippen LogP contribution in [0.2, 0.25) is 0 Å². The summed E-state index contributed by atoms with van der Waals surface area (Å²) < 4.78 is 16.0. The van der Waals surface area contributed by atoms with E-state index in [-0.39, 0.29) is 26.0 Å². The number of benzene rings is 2. The van der Waals surface area contributed by atoms with E-state index in [0.717, 1.165) is 16.7 Å². The third kappa shape index (κ3) is 4.57. The molecule has 0 unspecified atom stereocenters. The molecule has 0 saturated carbocycles. The number of fused-ring (bicyclic) bond motifs is 1. The molecule has 27 heavy (non-hydrogen) atoms. The summed E-state index contributed by atoms with van der Waals surface area (Å²) in [6.07, 6.45) is -0.322. The van der Waals surface area contributed by atoms with Crippen LogP contribution in [-0.2, 0) is 20.9 Å². The second-order valence-corrected chi connectivity index (χ2v) is 6.16. The fourth-order valence-electron chi connectivity index (χ4n) is 2.85. The highest BCUT2D eigenvalue weighted by atomic mass is 16.7. The Bertz CT molecular complexity index is 837.